The number of carbonyl (C=O) groups excluding carboxylic acids is 1. The summed E-state index contributed by atoms with van der Waals surface area (Å²) in [7, 11) is 0. The molecule has 2 unspecified atom stereocenters. The Morgan fingerprint density at radius 1 is 1.23 bits per heavy atom. The number of amides is 1. The molecule has 1 aliphatic carbocycles. The van der Waals surface area contributed by atoms with E-state index in [4.69, 9.17) is 5.73 Å². The molecule has 6 heteroatoms. The number of aryl methyl sites for hydroxylation is 1. The summed E-state index contributed by atoms with van der Waals surface area (Å²) in [6.45, 7) is 0. The maximum absolute atomic E-state index is 12.2. The molecule has 0 radical (unpaired) electrons. The first-order valence-corrected chi connectivity index (χ1v) is 7.55. The number of alkyl halides is 3. The highest BCUT2D eigenvalue weighted by Crippen LogP contribution is 2.25. The molecule has 0 aromatic heterocycles. The van der Waals surface area contributed by atoms with Crippen molar-refractivity contribution in [3.05, 3.63) is 29.8 Å². The van der Waals surface area contributed by atoms with E-state index in [0.717, 1.165) is 19.3 Å². The monoisotopic (exact) mass is 314 g/mol. The lowest BCUT2D eigenvalue weighted by Crippen LogP contribution is -2.34. The largest absolute Gasteiger partial charge is 0.389 e. The topological polar surface area (TPSA) is 55.1 Å². The van der Waals surface area contributed by atoms with E-state index in [1.54, 1.807) is 24.3 Å². The summed E-state index contributed by atoms with van der Waals surface area (Å²) in [4.78, 5) is 12.1. The zero-order valence-electron chi connectivity index (χ0n) is 12.3. The predicted molar refractivity (Wildman–Crippen MR) is 79.4 cm³/mol. The van der Waals surface area contributed by atoms with Gasteiger partial charge in [0.05, 0.1) is 0 Å². The normalized spacial score (nSPS) is 22.4. The molecular formula is C16H21F3N2O. The summed E-state index contributed by atoms with van der Waals surface area (Å²) in [5.74, 6) is -0.133. The van der Waals surface area contributed by atoms with Crippen LogP contribution in [0.1, 0.15) is 37.7 Å². The minimum atomic E-state index is -4.15. The molecule has 122 valence electrons. The number of halogens is 3. The van der Waals surface area contributed by atoms with Crippen LogP contribution in [0, 0.1) is 5.92 Å². The number of rotatable bonds is 4. The molecule has 3 N–H and O–H groups in total. The van der Waals surface area contributed by atoms with Gasteiger partial charge in [0.15, 0.2) is 0 Å². The van der Waals surface area contributed by atoms with E-state index in [2.05, 4.69) is 5.32 Å². The molecule has 0 aliphatic heterocycles. The van der Waals surface area contributed by atoms with Crippen LogP contribution in [0.5, 0.6) is 0 Å². The van der Waals surface area contributed by atoms with Gasteiger partial charge in [0.1, 0.15) is 0 Å². The fourth-order valence-corrected chi connectivity index (χ4v) is 2.75. The summed E-state index contributed by atoms with van der Waals surface area (Å²) in [5, 5.41) is 2.82. The molecule has 0 heterocycles. The number of benzene rings is 1. The third-order valence-electron chi connectivity index (χ3n) is 4.00. The van der Waals surface area contributed by atoms with Gasteiger partial charge in [-0.2, -0.15) is 13.2 Å². The molecule has 0 bridgehead atoms. The van der Waals surface area contributed by atoms with Crippen molar-refractivity contribution in [2.24, 2.45) is 11.7 Å². The van der Waals surface area contributed by atoms with E-state index in [9.17, 15) is 18.0 Å². The summed E-state index contributed by atoms with van der Waals surface area (Å²) in [5.41, 5.74) is 7.09. The predicted octanol–water partition coefficient (Wildman–Crippen LogP) is 3.64. The van der Waals surface area contributed by atoms with Crippen LogP contribution in [0.2, 0.25) is 0 Å². The Hall–Kier alpha value is -1.56. The molecule has 1 amide bonds. The van der Waals surface area contributed by atoms with Crippen molar-refractivity contribution in [3.63, 3.8) is 0 Å². The molecule has 1 aliphatic rings. The number of nitrogens with two attached hydrogens (primary N) is 1. The van der Waals surface area contributed by atoms with Crippen molar-refractivity contribution in [1.82, 2.24) is 0 Å². The van der Waals surface area contributed by atoms with Crippen LogP contribution in [0.3, 0.4) is 0 Å². The Bertz CT molecular complexity index is 499. The average molecular weight is 314 g/mol. The van der Waals surface area contributed by atoms with Crippen LogP contribution in [-0.4, -0.2) is 18.1 Å². The first kappa shape index (κ1) is 16.8. The lowest BCUT2D eigenvalue weighted by molar-refractivity contribution is -0.134. The van der Waals surface area contributed by atoms with Gasteiger partial charge < -0.3 is 11.1 Å². The van der Waals surface area contributed by atoms with Crippen LogP contribution in [0.15, 0.2) is 24.3 Å². The van der Waals surface area contributed by atoms with Crippen molar-refractivity contribution < 1.29 is 18.0 Å². The average Bonchev–Trinajstić information content (AvgIpc) is 2.46. The fraction of sp³-hybridized carbons (Fsp3) is 0.562. The molecule has 2 rings (SSSR count). The number of anilines is 1. The second-order valence-corrected chi connectivity index (χ2v) is 5.92. The summed E-state index contributed by atoms with van der Waals surface area (Å²) >= 11 is 0. The van der Waals surface area contributed by atoms with Gasteiger partial charge in [-0.15, -0.1) is 0 Å². The van der Waals surface area contributed by atoms with Gasteiger partial charge in [-0.25, -0.2) is 0 Å². The van der Waals surface area contributed by atoms with Gasteiger partial charge in [-0.3, -0.25) is 4.79 Å². The van der Waals surface area contributed by atoms with Crippen molar-refractivity contribution >= 4 is 11.6 Å². The first-order valence-electron chi connectivity index (χ1n) is 7.55. The molecule has 1 aromatic rings. The number of hydrogen-bond donors (Lipinski definition) is 2. The highest BCUT2D eigenvalue weighted by atomic mass is 19.4. The molecular weight excluding hydrogens is 293 g/mol. The van der Waals surface area contributed by atoms with E-state index >= 15 is 0 Å². The Balaban J connectivity index is 1.86. The highest BCUT2D eigenvalue weighted by Gasteiger charge is 2.27. The van der Waals surface area contributed by atoms with Crippen LogP contribution in [-0.2, 0) is 11.2 Å². The zero-order valence-corrected chi connectivity index (χ0v) is 12.3. The summed E-state index contributed by atoms with van der Waals surface area (Å²) < 4.78 is 36.5. The Labute approximate surface area is 128 Å². The Morgan fingerprint density at radius 3 is 2.50 bits per heavy atom. The Kier molecular flexibility index (Phi) is 5.45. The molecule has 0 saturated heterocycles. The van der Waals surface area contributed by atoms with E-state index in [-0.39, 0.29) is 24.3 Å². The number of carbonyl (C=O) groups is 1. The molecule has 2 atom stereocenters. The van der Waals surface area contributed by atoms with E-state index in [1.165, 1.54) is 0 Å². The second kappa shape index (κ2) is 7.13. The second-order valence-electron chi connectivity index (χ2n) is 5.92. The summed E-state index contributed by atoms with van der Waals surface area (Å²) in [6.07, 6.45) is -1.59. The van der Waals surface area contributed by atoms with Gasteiger partial charge >= 0.3 is 6.18 Å². The first-order chi connectivity index (χ1) is 10.3. The van der Waals surface area contributed by atoms with Crippen LogP contribution >= 0.6 is 0 Å². The zero-order chi connectivity index (χ0) is 16.2. The van der Waals surface area contributed by atoms with E-state index in [0.29, 0.717) is 17.7 Å². The molecule has 22 heavy (non-hydrogen) atoms. The van der Waals surface area contributed by atoms with Gasteiger partial charge in [-0.05, 0) is 43.4 Å². The minimum Gasteiger partial charge on any atom is -0.328 e. The summed E-state index contributed by atoms with van der Waals surface area (Å²) in [6, 6.07) is 6.61. The number of nitrogens with one attached hydrogen (secondary N) is 1. The van der Waals surface area contributed by atoms with Gasteiger partial charge in [0.2, 0.25) is 5.91 Å². The molecule has 1 fully saturated rings. The lowest BCUT2D eigenvalue weighted by Gasteiger charge is -2.25. The van der Waals surface area contributed by atoms with Crippen molar-refractivity contribution in [3.8, 4) is 0 Å². The smallest absolute Gasteiger partial charge is 0.328 e. The van der Waals surface area contributed by atoms with Crippen LogP contribution < -0.4 is 11.1 Å². The van der Waals surface area contributed by atoms with Gasteiger partial charge in [0.25, 0.3) is 0 Å². The van der Waals surface area contributed by atoms with Crippen molar-refractivity contribution in [2.75, 3.05) is 5.32 Å². The molecule has 1 saturated carbocycles. The van der Waals surface area contributed by atoms with E-state index < -0.39 is 12.6 Å². The standard InChI is InChI=1S/C16H21F3N2O/c17-16(18,19)9-8-11-4-6-14(7-5-11)21-15(22)12-2-1-3-13(20)10-12/h4-7,12-13H,1-3,8-10,20H2,(H,21,22). The van der Waals surface area contributed by atoms with Crippen molar-refractivity contribution in [2.45, 2.75) is 50.7 Å². The highest BCUT2D eigenvalue weighted by molar-refractivity contribution is 5.92. The van der Waals surface area contributed by atoms with Gasteiger partial charge in [0, 0.05) is 24.1 Å². The van der Waals surface area contributed by atoms with Crippen molar-refractivity contribution in [1.29, 1.82) is 0 Å². The Morgan fingerprint density at radius 2 is 1.91 bits per heavy atom. The molecule has 1 aromatic carbocycles. The fourth-order valence-electron chi connectivity index (χ4n) is 2.75. The maximum atomic E-state index is 12.2. The molecule has 0 spiro atoms. The quantitative estimate of drug-likeness (QED) is 0.891. The SMILES string of the molecule is NC1CCCC(C(=O)Nc2ccc(CCC(F)(F)F)cc2)C1. The number of hydrogen-bond acceptors (Lipinski definition) is 2. The van der Waals surface area contributed by atoms with Gasteiger partial charge in [-0.1, -0.05) is 18.6 Å². The minimum absolute atomic E-state index is 0.0464. The third-order valence-corrected chi connectivity index (χ3v) is 4.00. The van der Waals surface area contributed by atoms with Crippen LogP contribution in [0.25, 0.3) is 0 Å². The lowest BCUT2D eigenvalue weighted by atomic mass is 9.85. The van der Waals surface area contributed by atoms with Crippen LogP contribution in [0.4, 0.5) is 18.9 Å². The third kappa shape index (κ3) is 5.33. The maximum Gasteiger partial charge on any atom is 0.389 e. The van der Waals surface area contributed by atoms with E-state index in [1.807, 2.05) is 0 Å². The molecule has 3 nitrogen and oxygen atoms in total.